The maximum absolute atomic E-state index is 12.1. The van der Waals surface area contributed by atoms with Crippen LogP contribution in [0.1, 0.15) is 0 Å². The van der Waals surface area contributed by atoms with E-state index in [-0.39, 0.29) is 26.4 Å². The van der Waals surface area contributed by atoms with Crippen LogP contribution in [0.3, 0.4) is 0 Å². The van der Waals surface area contributed by atoms with Crippen molar-refractivity contribution in [3.8, 4) is 0 Å². The molecule has 0 atom stereocenters. The Hall–Kier alpha value is -0.960. The SMILES string of the molecule is Nc1[nH]ncc1S(=O)(=O)Nc1c(Cl)cc(Br)cc1Cl. The number of halogens is 3. The quantitative estimate of drug-likeness (QED) is 0.755. The van der Waals surface area contributed by atoms with Crippen LogP contribution >= 0.6 is 39.1 Å². The highest BCUT2D eigenvalue weighted by atomic mass is 79.9. The van der Waals surface area contributed by atoms with E-state index in [0.717, 1.165) is 6.20 Å². The number of nitrogen functional groups attached to an aromatic ring is 1. The predicted octanol–water partition coefficient (Wildman–Crippen LogP) is 2.86. The van der Waals surface area contributed by atoms with Gasteiger partial charge >= 0.3 is 0 Å². The van der Waals surface area contributed by atoms with Crippen LogP contribution in [-0.4, -0.2) is 18.6 Å². The summed E-state index contributed by atoms with van der Waals surface area (Å²) in [7, 11) is -3.91. The summed E-state index contributed by atoms with van der Waals surface area (Å²) in [6, 6.07) is 3.04. The van der Waals surface area contributed by atoms with Crippen LogP contribution in [0.5, 0.6) is 0 Å². The van der Waals surface area contributed by atoms with Crippen molar-refractivity contribution < 1.29 is 8.42 Å². The standard InChI is InChI=1S/C9H7BrCl2N4O2S/c10-4-1-5(11)8(6(12)2-4)16-19(17,18)7-3-14-15-9(7)13/h1-3,16H,(H3,13,14,15). The molecule has 19 heavy (non-hydrogen) atoms. The number of aromatic nitrogens is 2. The van der Waals surface area contributed by atoms with Crippen molar-refractivity contribution in [2.24, 2.45) is 0 Å². The molecule has 4 N–H and O–H groups in total. The molecule has 0 aliphatic rings. The normalized spacial score (nSPS) is 11.5. The lowest BCUT2D eigenvalue weighted by molar-refractivity contribution is 0.601. The summed E-state index contributed by atoms with van der Waals surface area (Å²) >= 11 is 15.1. The van der Waals surface area contributed by atoms with E-state index in [1.165, 1.54) is 12.1 Å². The van der Waals surface area contributed by atoms with E-state index < -0.39 is 10.0 Å². The molecule has 0 spiro atoms. The van der Waals surface area contributed by atoms with Gasteiger partial charge < -0.3 is 5.73 Å². The lowest BCUT2D eigenvalue weighted by Gasteiger charge is -2.11. The summed E-state index contributed by atoms with van der Waals surface area (Å²) in [5.41, 5.74) is 5.55. The summed E-state index contributed by atoms with van der Waals surface area (Å²) in [5.74, 6) is -0.0724. The summed E-state index contributed by atoms with van der Waals surface area (Å²) in [6.07, 6.45) is 1.10. The van der Waals surface area contributed by atoms with Crippen LogP contribution in [0, 0.1) is 0 Å². The van der Waals surface area contributed by atoms with Crippen molar-refractivity contribution in [3.05, 3.63) is 32.8 Å². The first-order valence-electron chi connectivity index (χ1n) is 4.77. The Kier molecular flexibility index (Phi) is 3.95. The third kappa shape index (κ3) is 2.97. The number of rotatable bonds is 3. The first-order valence-corrected chi connectivity index (χ1v) is 7.80. The molecule has 0 radical (unpaired) electrons. The Balaban J connectivity index is 2.45. The molecule has 10 heteroatoms. The van der Waals surface area contributed by atoms with Gasteiger partial charge in [0.1, 0.15) is 10.7 Å². The molecule has 0 saturated heterocycles. The second-order valence-electron chi connectivity index (χ2n) is 3.50. The van der Waals surface area contributed by atoms with Gasteiger partial charge in [-0.15, -0.1) is 0 Å². The maximum atomic E-state index is 12.1. The predicted molar refractivity (Wildman–Crippen MR) is 78.0 cm³/mol. The Morgan fingerprint density at radius 2 is 1.89 bits per heavy atom. The highest BCUT2D eigenvalue weighted by molar-refractivity contribution is 9.10. The zero-order valence-corrected chi connectivity index (χ0v) is 13.0. The van der Waals surface area contributed by atoms with Gasteiger partial charge in [-0.3, -0.25) is 9.82 Å². The Morgan fingerprint density at radius 1 is 1.32 bits per heavy atom. The van der Waals surface area contributed by atoms with E-state index in [1.54, 1.807) is 0 Å². The molecule has 0 bridgehead atoms. The van der Waals surface area contributed by atoms with Crippen LogP contribution in [0.2, 0.25) is 10.0 Å². The number of hydrogen-bond donors (Lipinski definition) is 3. The van der Waals surface area contributed by atoms with Crippen molar-refractivity contribution in [2.75, 3.05) is 10.5 Å². The first-order chi connectivity index (χ1) is 8.81. The topological polar surface area (TPSA) is 101 Å². The monoisotopic (exact) mass is 384 g/mol. The van der Waals surface area contributed by atoms with E-state index in [0.29, 0.717) is 4.47 Å². The van der Waals surface area contributed by atoms with Gasteiger partial charge in [-0.25, -0.2) is 8.42 Å². The number of H-pyrrole nitrogens is 1. The fraction of sp³-hybridized carbons (Fsp3) is 0. The molecule has 0 aliphatic heterocycles. The molecule has 102 valence electrons. The zero-order valence-electron chi connectivity index (χ0n) is 9.12. The second-order valence-corrected chi connectivity index (χ2v) is 6.88. The highest BCUT2D eigenvalue weighted by Gasteiger charge is 2.22. The molecule has 0 aliphatic carbocycles. The lowest BCUT2D eigenvalue weighted by atomic mass is 10.3. The Labute approximate surface area is 127 Å². The van der Waals surface area contributed by atoms with E-state index in [4.69, 9.17) is 28.9 Å². The molecule has 1 aromatic carbocycles. The average molecular weight is 386 g/mol. The molecule has 6 nitrogen and oxygen atoms in total. The number of benzene rings is 1. The van der Waals surface area contributed by atoms with Crippen molar-refractivity contribution in [2.45, 2.75) is 4.90 Å². The van der Waals surface area contributed by atoms with Gasteiger partial charge in [0.25, 0.3) is 10.0 Å². The van der Waals surface area contributed by atoms with Gasteiger partial charge in [-0.05, 0) is 12.1 Å². The molecule has 2 rings (SSSR count). The number of nitrogens with one attached hydrogen (secondary N) is 2. The summed E-state index contributed by atoms with van der Waals surface area (Å²) in [6.45, 7) is 0. The second kappa shape index (κ2) is 5.20. The highest BCUT2D eigenvalue weighted by Crippen LogP contribution is 2.35. The van der Waals surface area contributed by atoms with Crippen LogP contribution in [0.4, 0.5) is 11.5 Å². The minimum absolute atomic E-state index is 0.0724. The fourth-order valence-electron chi connectivity index (χ4n) is 1.33. The van der Waals surface area contributed by atoms with Crippen LogP contribution in [-0.2, 0) is 10.0 Å². The smallest absolute Gasteiger partial charge is 0.267 e. The Bertz CT molecular complexity index is 709. The zero-order chi connectivity index (χ0) is 14.2. The summed E-state index contributed by atoms with van der Waals surface area (Å²) in [5, 5.41) is 6.19. The summed E-state index contributed by atoms with van der Waals surface area (Å²) < 4.78 is 27.1. The van der Waals surface area contributed by atoms with Gasteiger partial charge in [0.2, 0.25) is 0 Å². The molecule has 2 aromatic rings. The number of hydrogen-bond acceptors (Lipinski definition) is 4. The van der Waals surface area contributed by atoms with E-state index in [1.807, 2.05) is 0 Å². The van der Waals surface area contributed by atoms with Gasteiger partial charge in [-0.2, -0.15) is 5.10 Å². The number of nitrogens with two attached hydrogens (primary N) is 1. The lowest BCUT2D eigenvalue weighted by Crippen LogP contribution is -2.14. The maximum Gasteiger partial charge on any atom is 0.267 e. The van der Waals surface area contributed by atoms with Crippen LogP contribution in [0.15, 0.2) is 27.7 Å². The van der Waals surface area contributed by atoms with Crippen molar-refractivity contribution in [3.63, 3.8) is 0 Å². The minimum Gasteiger partial charge on any atom is -0.383 e. The van der Waals surface area contributed by atoms with Crippen molar-refractivity contribution >= 4 is 60.7 Å². The number of aromatic amines is 1. The molecule has 1 heterocycles. The molecule has 0 fully saturated rings. The van der Waals surface area contributed by atoms with Gasteiger partial charge in [0.05, 0.1) is 21.9 Å². The number of sulfonamides is 1. The third-order valence-electron chi connectivity index (χ3n) is 2.17. The van der Waals surface area contributed by atoms with Gasteiger partial charge in [-0.1, -0.05) is 39.1 Å². The van der Waals surface area contributed by atoms with E-state index >= 15 is 0 Å². The Morgan fingerprint density at radius 3 is 2.37 bits per heavy atom. The largest absolute Gasteiger partial charge is 0.383 e. The number of anilines is 2. The molecular weight excluding hydrogens is 379 g/mol. The molecule has 1 aromatic heterocycles. The third-order valence-corrected chi connectivity index (χ3v) is 4.60. The molecule has 0 saturated carbocycles. The number of nitrogens with zero attached hydrogens (tertiary/aromatic N) is 1. The fourth-order valence-corrected chi connectivity index (χ4v) is 3.87. The van der Waals surface area contributed by atoms with Crippen LogP contribution in [0.25, 0.3) is 0 Å². The van der Waals surface area contributed by atoms with E-state index in [9.17, 15) is 8.42 Å². The van der Waals surface area contributed by atoms with Crippen molar-refractivity contribution in [1.29, 1.82) is 0 Å². The van der Waals surface area contributed by atoms with Gasteiger partial charge in [0.15, 0.2) is 0 Å². The van der Waals surface area contributed by atoms with Crippen LogP contribution < -0.4 is 10.5 Å². The minimum atomic E-state index is -3.91. The molecule has 0 amide bonds. The van der Waals surface area contributed by atoms with Crippen molar-refractivity contribution in [1.82, 2.24) is 10.2 Å². The van der Waals surface area contributed by atoms with Gasteiger partial charge in [0, 0.05) is 4.47 Å². The van der Waals surface area contributed by atoms with E-state index in [2.05, 4.69) is 30.8 Å². The average Bonchev–Trinajstić information content (AvgIpc) is 2.70. The first kappa shape index (κ1) is 14.4. The molecule has 0 unspecified atom stereocenters. The summed E-state index contributed by atoms with van der Waals surface area (Å²) in [4.78, 5) is -0.178. The molecular formula is C9H7BrCl2N4O2S.